The van der Waals surface area contributed by atoms with Gasteiger partial charge in [0, 0.05) is 19.2 Å². The fraction of sp³-hybridized carbons (Fsp3) is 1.00. The molecule has 0 heterocycles. The van der Waals surface area contributed by atoms with Gasteiger partial charge in [0.05, 0.1) is 12.2 Å². The monoisotopic (exact) mass is 207 g/mol. The molecule has 0 radical (unpaired) electrons. The van der Waals surface area contributed by atoms with Gasteiger partial charge in [-0.2, -0.15) is 0 Å². The van der Waals surface area contributed by atoms with E-state index in [1.807, 2.05) is 13.8 Å². The van der Waals surface area contributed by atoms with Gasteiger partial charge in [0.1, 0.15) is 6.10 Å². The summed E-state index contributed by atoms with van der Waals surface area (Å²) in [6.45, 7) is 3.86. The first-order valence-electron chi connectivity index (χ1n) is 4.87. The molecule has 0 amide bonds. The first-order valence-corrected chi connectivity index (χ1v) is 4.87. The minimum Gasteiger partial charge on any atom is -0.396 e. The lowest BCUT2D eigenvalue weighted by Crippen LogP contribution is -2.44. The molecule has 5 nitrogen and oxygen atoms in total. The topological polar surface area (TPSA) is 93.0 Å². The first kappa shape index (κ1) is 13.8. The van der Waals surface area contributed by atoms with Gasteiger partial charge in [-0.3, -0.25) is 0 Å². The summed E-state index contributed by atoms with van der Waals surface area (Å²) in [7, 11) is 0. The Morgan fingerprint density at radius 3 is 2.07 bits per heavy atom. The molecule has 0 saturated heterocycles. The second kappa shape index (κ2) is 7.14. The van der Waals surface area contributed by atoms with Gasteiger partial charge in [-0.1, -0.05) is 13.8 Å². The molecule has 0 aromatic heterocycles. The standard InChI is InChI=1S/C9H21NO4/c1-6(2)10-5-8(13)9(14)7(12)3-4-11/h6-14H,3-5H2,1-2H3/t7?,8?,9-/m0/s1. The molecule has 0 saturated carbocycles. The summed E-state index contributed by atoms with van der Waals surface area (Å²) in [6, 6.07) is 0.215. The van der Waals surface area contributed by atoms with Crippen molar-refractivity contribution in [1.82, 2.24) is 5.32 Å². The first-order chi connectivity index (χ1) is 6.49. The average Bonchev–Trinajstić information content (AvgIpc) is 2.13. The molecular formula is C9H21NO4. The van der Waals surface area contributed by atoms with Gasteiger partial charge in [-0.15, -0.1) is 0 Å². The molecule has 0 spiro atoms. The summed E-state index contributed by atoms with van der Waals surface area (Å²) < 4.78 is 0. The highest BCUT2D eigenvalue weighted by Crippen LogP contribution is 2.03. The SMILES string of the molecule is CC(C)NCC(O)[C@@H](O)C(O)CCO. The van der Waals surface area contributed by atoms with Gasteiger partial charge in [0.2, 0.25) is 0 Å². The third kappa shape index (κ3) is 5.51. The smallest absolute Gasteiger partial charge is 0.107 e. The summed E-state index contributed by atoms with van der Waals surface area (Å²) in [6.07, 6.45) is -3.24. The van der Waals surface area contributed by atoms with E-state index in [1.54, 1.807) is 0 Å². The maximum Gasteiger partial charge on any atom is 0.107 e. The van der Waals surface area contributed by atoms with E-state index in [1.165, 1.54) is 0 Å². The van der Waals surface area contributed by atoms with E-state index in [0.29, 0.717) is 0 Å². The van der Waals surface area contributed by atoms with E-state index < -0.39 is 18.3 Å². The van der Waals surface area contributed by atoms with Crippen LogP contribution in [0.15, 0.2) is 0 Å². The van der Waals surface area contributed by atoms with Crippen LogP contribution in [0.2, 0.25) is 0 Å². The minimum atomic E-state index is -1.21. The summed E-state index contributed by atoms with van der Waals surface area (Å²) in [5.41, 5.74) is 0. The minimum absolute atomic E-state index is 0.0694. The molecule has 0 bridgehead atoms. The Kier molecular flexibility index (Phi) is 7.04. The Morgan fingerprint density at radius 2 is 1.64 bits per heavy atom. The van der Waals surface area contributed by atoms with Gasteiger partial charge < -0.3 is 25.7 Å². The number of aliphatic hydroxyl groups excluding tert-OH is 4. The molecule has 0 aromatic rings. The van der Waals surface area contributed by atoms with Crippen molar-refractivity contribution < 1.29 is 20.4 Å². The highest BCUT2D eigenvalue weighted by Gasteiger charge is 2.23. The van der Waals surface area contributed by atoms with E-state index in [0.717, 1.165) is 0 Å². The number of aliphatic hydroxyl groups is 4. The van der Waals surface area contributed by atoms with Crippen LogP contribution in [0.3, 0.4) is 0 Å². The van der Waals surface area contributed by atoms with Crippen LogP contribution in [0, 0.1) is 0 Å². The van der Waals surface area contributed by atoms with Crippen LogP contribution in [0.25, 0.3) is 0 Å². The lowest BCUT2D eigenvalue weighted by Gasteiger charge is -2.23. The Balaban J connectivity index is 3.79. The third-order valence-corrected chi connectivity index (χ3v) is 1.95. The zero-order valence-electron chi connectivity index (χ0n) is 8.72. The Morgan fingerprint density at radius 1 is 1.07 bits per heavy atom. The maximum absolute atomic E-state index is 9.41. The molecule has 0 aliphatic rings. The molecular weight excluding hydrogens is 186 g/mol. The van der Waals surface area contributed by atoms with Crippen molar-refractivity contribution in [2.75, 3.05) is 13.2 Å². The van der Waals surface area contributed by atoms with Crippen molar-refractivity contribution in [3.63, 3.8) is 0 Å². The Hall–Kier alpha value is -0.200. The summed E-state index contributed by atoms with van der Waals surface area (Å²) in [5.74, 6) is 0. The van der Waals surface area contributed by atoms with Crippen molar-refractivity contribution in [2.45, 2.75) is 44.6 Å². The zero-order valence-corrected chi connectivity index (χ0v) is 8.72. The van der Waals surface area contributed by atoms with E-state index in [-0.39, 0.29) is 25.6 Å². The molecule has 2 unspecified atom stereocenters. The zero-order chi connectivity index (χ0) is 11.1. The highest BCUT2D eigenvalue weighted by atomic mass is 16.4. The van der Waals surface area contributed by atoms with Crippen molar-refractivity contribution in [1.29, 1.82) is 0 Å². The molecule has 0 aliphatic heterocycles. The van der Waals surface area contributed by atoms with Crippen LogP contribution in [-0.2, 0) is 0 Å². The van der Waals surface area contributed by atoms with Crippen LogP contribution in [0.5, 0.6) is 0 Å². The molecule has 0 aromatic carbocycles. The summed E-state index contributed by atoms with van der Waals surface area (Å²) >= 11 is 0. The van der Waals surface area contributed by atoms with Gasteiger partial charge in [-0.25, -0.2) is 0 Å². The molecule has 86 valence electrons. The second-order valence-electron chi connectivity index (χ2n) is 3.70. The Labute approximate surface area is 84.4 Å². The van der Waals surface area contributed by atoms with E-state index in [4.69, 9.17) is 5.11 Å². The Bertz CT molecular complexity index is 143. The fourth-order valence-corrected chi connectivity index (χ4v) is 1.04. The number of nitrogens with one attached hydrogen (secondary N) is 1. The molecule has 0 aliphatic carbocycles. The van der Waals surface area contributed by atoms with Gasteiger partial charge in [-0.05, 0) is 6.42 Å². The van der Waals surface area contributed by atoms with Crippen LogP contribution in [0.4, 0.5) is 0 Å². The van der Waals surface area contributed by atoms with Crippen molar-refractivity contribution >= 4 is 0 Å². The lowest BCUT2D eigenvalue weighted by molar-refractivity contribution is -0.0647. The van der Waals surface area contributed by atoms with Gasteiger partial charge >= 0.3 is 0 Å². The van der Waals surface area contributed by atoms with Gasteiger partial charge in [0.15, 0.2) is 0 Å². The predicted molar refractivity (Wildman–Crippen MR) is 52.9 cm³/mol. The quantitative estimate of drug-likeness (QED) is 0.348. The number of rotatable bonds is 7. The molecule has 14 heavy (non-hydrogen) atoms. The van der Waals surface area contributed by atoms with Crippen molar-refractivity contribution in [3.8, 4) is 0 Å². The highest BCUT2D eigenvalue weighted by molar-refractivity contribution is 4.77. The van der Waals surface area contributed by atoms with Crippen molar-refractivity contribution in [3.05, 3.63) is 0 Å². The molecule has 5 N–H and O–H groups in total. The van der Waals surface area contributed by atoms with Crippen LogP contribution < -0.4 is 5.32 Å². The molecule has 5 heteroatoms. The number of hydrogen-bond donors (Lipinski definition) is 5. The lowest BCUT2D eigenvalue weighted by atomic mass is 10.1. The molecule has 0 rings (SSSR count). The van der Waals surface area contributed by atoms with Gasteiger partial charge in [0.25, 0.3) is 0 Å². The summed E-state index contributed by atoms with van der Waals surface area (Å²) in [4.78, 5) is 0. The van der Waals surface area contributed by atoms with Crippen LogP contribution in [-0.4, -0.2) is 57.9 Å². The second-order valence-corrected chi connectivity index (χ2v) is 3.70. The van der Waals surface area contributed by atoms with E-state index in [9.17, 15) is 15.3 Å². The largest absolute Gasteiger partial charge is 0.396 e. The molecule has 3 atom stereocenters. The predicted octanol–water partition coefficient (Wildman–Crippen LogP) is -1.55. The normalized spacial score (nSPS) is 18.2. The van der Waals surface area contributed by atoms with E-state index in [2.05, 4.69) is 5.32 Å². The number of hydrogen-bond acceptors (Lipinski definition) is 5. The third-order valence-electron chi connectivity index (χ3n) is 1.95. The van der Waals surface area contributed by atoms with E-state index >= 15 is 0 Å². The average molecular weight is 207 g/mol. The van der Waals surface area contributed by atoms with Crippen molar-refractivity contribution in [2.24, 2.45) is 0 Å². The van der Waals surface area contributed by atoms with Crippen LogP contribution in [0.1, 0.15) is 20.3 Å². The summed E-state index contributed by atoms with van der Waals surface area (Å²) in [5, 5.41) is 39.5. The fourth-order valence-electron chi connectivity index (χ4n) is 1.04. The maximum atomic E-state index is 9.41. The van der Waals surface area contributed by atoms with Crippen LogP contribution >= 0.6 is 0 Å². The molecule has 0 fully saturated rings.